The number of hydrogen-bond donors (Lipinski definition) is 1. The Kier molecular flexibility index (Phi) is 5.53. The molecule has 2 fully saturated rings. The Morgan fingerprint density at radius 3 is 2.20 bits per heavy atom. The molecule has 118 valence electrons. The molecule has 1 heterocycles. The van der Waals surface area contributed by atoms with Gasteiger partial charge >= 0.3 is 0 Å². The molecule has 2 atom stereocenters. The lowest BCUT2D eigenvalue weighted by Gasteiger charge is -2.47. The molecule has 0 radical (unpaired) electrons. The summed E-state index contributed by atoms with van der Waals surface area (Å²) in [6.45, 7) is 11.9. The van der Waals surface area contributed by atoms with E-state index in [4.69, 9.17) is 5.73 Å². The molecule has 2 heteroatoms. The Morgan fingerprint density at radius 1 is 1.05 bits per heavy atom. The Morgan fingerprint density at radius 2 is 1.70 bits per heavy atom. The van der Waals surface area contributed by atoms with Gasteiger partial charge in [-0.25, -0.2) is 0 Å². The van der Waals surface area contributed by atoms with Crippen LogP contribution in [0.3, 0.4) is 0 Å². The molecule has 0 aromatic carbocycles. The van der Waals surface area contributed by atoms with Crippen LogP contribution in [-0.4, -0.2) is 31.1 Å². The van der Waals surface area contributed by atoms with Crippen molar-refractivity contribution in [1.29, 1.82) is 0 Å². The van der Waals surface area contributed by atoms with Crippen molar-refractivity contribution >= 4 is 0 Å². The van der Waals surface area contributed by atoms with E-state index in [0.717, 1.165) is 12.5 Å². The van der Waals surface area contributed by atoms with Gasteiger partial charge in [-0.1, -0.05) is 46.5 Å². The molecule has 0 aromatic rings. The molecule has 1 aliphatic carbocycles. The van der Waals surface area contributed by atoms with Crippen LogP contribution in [0.2, 0.25) is 0 Å². The largest absolute Gasteiger partial charge is 0.330 e. The summed E-state index contributed by atoms with van der Waals surface area (Å²) in [7, 11) is 0. The molecule has 1 saturated heterocycles. The van der Waals surface area contributed by atoms with Gasteiger partial charge in [0.05, 0.1) is 0 Å². The van der Waals surface area contributed by atoms with E-state index in [1.54, 1.807) is 0 Å². The van der Waals surface area contributed by atoms with Crippen molar-refractivity contribution in [2.45, 2.75) is 72.1 Å². The number of rotatable bonds is 5. The molecule has 2 unspecified atom stereocenters. The van der Waals surface area contributed by atoms with Crippen molar-refractivity contribution in [2.75, 3.05) is 26.2 Å². The maximum absolute atomic E-state index is 6.20. The first-order chi connectivity index (χ1) is 9.57. The van der Waals surface area contributed by atoms with Gasteiger partial charge in [0.2, 0.25) is 0 Å². The standard InChI is InChI=1S/C18H36N2/c1-4-17(5-2)9-11-20(12-10-17)15-18(14-19)8-6-7-16(3)13-18/h16H,4-15,19H2,1-3H3. The number of nitrogens with zero attached hydrogens (tertiary/aromatic N) is 1. The molecule has 0 aromatic heterocycles. The molecule has 1 saturated carbocycles. The fraction of sp³-hybridized carbons (Fsp3) is 1.00. The van der Waals surface area contributed by atoms with E-state index in [9.17, 15) is 0 Å². The Balaban J connectivity index is 1.90. The summed E-state index contributed by atoms with van der Waals surface area (Å²) in [6, 6.07) is 0. The number of piperidine rings is 1. The molecule has 2 N–H and O–H groups in total. The number of likely N-dealkylation sites (tertiary alicyclic amines) is 1. The molecule has 0 amide bonds. The first kappa shape index (κ1) is 16.3. The molecular formula is C18H36N2. The predicted octanol–water partition coefficient (Wildman–Crippen LogP) is 4.04. The van der Waals surface area contributed by atoms with E-state index in [1.807, 2.05) is 0 Å². The summed E-state index contributed by atoms with van der Waals surface area (Å²) in [5.41, 5.74) is 7.27. The van der Waals surface area contributed by atoms with Crippen molar-refractivity contribution < 1.29 is 0 Å². The lowest BCUT2D eigenvalue weighted by atomic mass is 9.69. The lowest BCUT2D eigenvalue weighted by Crippen LogP contribution is -2.49. The van der Waals surface area contributed by atoms with Crippen molar-refractivity contribution in [3.8, 4) is 0 Å². The fourth-order valence-corrected chi connectivity index (χ4v) is 4.78. The third-order valence-corrected chi connectivity index (χ3v) is 6.59. The lowest BCUT2D eigenvalue weighted by molar-refractivity contribution is 0.0382. The molecule has 0 spiro atoms. The fourth-order valence-electron chi connectivity index (χ4n) is 4.78. The normalized spacial score (nSPS) is 35.1. The topological polar surface area (TPSA) is 29.3 Å². The van der Waals surface area contributed by atoms with Crippen LogP contribution >= 0.6 is 0 Å². The summed E-state index contributed by atoms with van der Waals surface area (Å²) >= 11 is 0. The van der Waals surface area contributed by atoms with Crippen LogP contribution in [0.25, 0.3) is 0 Å². The van der Waals surface area contributed by atoms with Crippen molar-refractivity contribution in [3.05, 3.63) is 0 Å². The van der Waals surface area contributed by atoms with E-state index in [-0.39, 0.29) is 0 Å². The zero-order valence-electron chi connectivity index (χ0n) is 14.1. The van der Waals surface area contributed by atoms with Crippen LogP contribution < -0.4 is 5.73 Å². The molecule has 0 bridgehead atoms. The van der Waals surface area contributed by atoms with Crippen LogP contribution in [0, 0.1) is 16.7 Å². The molecule has 20 heavy (non-hydrogen) atoms. The molecular weight excluding hydrogens is 244 g/mol. The van der Waals surface area contributed by atoms with Gasteiger partial charge in [-0.2, -0.15) is 0 Å². The highest BCUT2D eigenvalue weighted by Crippen LogP contribution is 2.42. The van der Waals surface area contributed by atoms with Gasteiger partial charge in [0.25, 0.3) is 0 Å². The minimum atomic E-state index is 0.427. The van der Waals surface area contributed by atoms with Crippen LogP contribution in [0.1, 0.15) is 72.1 Å². The number of hydrogen-bond acceptors (Lipinski definition) is 2. The van der Waals surface area contributed by atoms with E-state index >= 15 is 0 Å². The smallest absolute Gasteiger partial charge is 0.00502 e. The highest BCUT2D eigenvalue weighted by Gasteiger charge is 2.38. The summed E-state index contributed by atoms with van der Waals surface area (Å²) in [5, 5.41) is 0. The molecule has 1 aliphatic heterocycles. The second-order valence-electron chi connectivity index (χ2n) is 7.89. The van der Waals surface area contributed by atoms with Gasteiger partial charge in [-0.3, -0.25) is 0 Å². The van der Waals surface area contributed by atoms with Crippen molar-refractivity contribution in [1.82, 2.24) is 4.90 Å². The third-order valence-electron chi connectivity index (χ3n) is 6.59. The molecule has 2 aliphatic rings. The third kappa shape index (κ3) is 3.57. The predicted molar refractivity (Wildman–Crippen MR) is 87.8 cm³/mol. The van der Waals surface area contributed by atoms with Gasteiger partial charge in [0.1, 0.15) is 0 Å². The monoisotopic (exact) mass is 280 g/mol. The quantitative estimate of drug-likeness (QED) is 0.823. The second-order valence-corrected chi connectivity index (χ2v) is 7.89. The Bertz CT molecular complexity index is 288. The maximum atomic E-state index is 6.20. The van der Waals surface area contributed by atoms with Gasteiger partial charge in [0, 0.05) is 6.54 Å². The van der Waals surface area contributed by atoms with E-state index in [1.165, 1.54) is 71.0 Å². The zero-order chi connectivity index (χ0) is 14.6. The second kappa shape index (κ2) is 6.79. The van der Waals surface area contributed by atoms with E-state index in [0.29, 0.717) is 10.8 Å². The SMILES string of the molecule is CCC1(CC)CCN(CC2(CN)CCCC(C)C2)CC1. The van der Waals surface area contributed by atoms with Gasteiger partial charge in [-0.05, 0) is 62.1 Å². The van der Waals surface area contributed by atoms with Crippen molar-refractivity contribution in [2.24, 2.45) is 22.5 Å². The molecule has 2 nitrogen and oxygen atoms in total. The van der Waals surface area contributed by atoms with Gasteiger partial charge in [0.15, 0.2) is 0 Å². The number of nitrogens with two attached hydrogens (primary N) is 1. The van der Waals surface area contributed by atoms with E-state index < -0.39 is 0 Å². The van der Waals surface area contributed by atoms with Gasteiger partial charge in [-0.15, -0.1) is 0 Å². The Hall–Kier alpha value is -0.0800. The summed E-state index contributed by atoms with van der Waals surface area (Å²) in [4.78, 5) is 2.73. The maximum Gasteiger partial charge on any atom is 0.00502 e. The highest BCUT2D eigenvalue weighted by atomic mass is 15.1. The summed E-state index contributed by atoms with van der Waals surface area (Å²) in [5.74, 6) is 0.877. The first-order valence-corrected chi connectivity index (χ1v) is 8.99. The zero-order valence-corrected chi connectivity index (χ0v) is 14.1. The van der Waals surface area contributed by atoms with Crippen LogP contribution in [-0.2, 0) is 0 Å². The molecule has 2 rings (SSSR count). The van der Waals surface area contributed by atoms with Gasteiger partial charge < -0.3 is 10.6 Å². The van der Waals surface area contributed by atoms with Crippen LogP contribution in [0.4, 0.5) is 0 Å². The first-order valence-electron chi connectivity index (χ1n) is 8.99. The average Bonchev–Trinajstić information content (AvgIpc) is 2.48. The summed E-state index contributed by atoms with van der Waals surface area (Å²) < 4.78 is 0. The van der Waals surface area contributed by atoms with Crippen LogP contribution in [0.5, 0.6) is 0 Å². The van der Waals surface area contributed by atoms with E-state index in [2.05, 4.69) is 25.7 Å². The average molecular weight is 280 g/mol. The highest BCUT2D eigenvalue weighted by molar-refractivity contribution is 4.91. The minimum Gasteiger partial charge on any atom is -0.330 e. The van der Waals surface area contributed by atoms with Crippen molar-refractivity contribution in [3.63, 3.8) is 0 Å². The summed E-state index contributed by atoms with van der Waals surface area (Å²) in [6.07, 6.45) is 11.0. The minimum absolute atomic E-state index is 0.427. The Labute approximate surface area is 126 Å². The van der Waals surface area contributed by atoms with Crippen LogP contribution in [0.15, 0.2) is 0 Å².